The second kappa shape index (κ2) is 7.45. The van der Waals surface area contributed by atoms with Gasteiger partial charge in [-0.3, -0.25) is 0 Å². The number of hydrogen-bond donors (Lipinski definition) is 0. The van der Waals surface area contributed by atoms with Crippen molar-refractivity contribution in [3.05, 3.63) is 74.6 Å². The molecule has 0 N–H and O–H groups in total. The summed E-state index contributed by atoms with van der Waals surface area (Å²) in [4.78, 5) is 23.9. The van der Waals surface area contributed by atoms with Gasteiger partial charge in [0.05, 0.1) is 0 Å². The van der Waals surface area contributed by atoms with Gasteiger partial charge in [-0.15, -0.1) is 0 Å². The summed E-state index contributed by atoms with van der Waals surface area (Å²) in [5.41, 5.74) is 2.84. The molecule has 1 aliphatic carbocycles. The van der Waals surface area contributed by atoms with Gasteiger partial charge in [0, 0.05) is 22.0 Å². The molecule has 0 atom stereocenters. The third kappa shape index (κ3) is 3.83. The van der Waals surface area contributed by atoms with Crippen molar-refractivity contribution in [3.8, 4) is 5.75 Å². The Kier molecular flexibility index (Phi) is 4.86. The molecule has 27 heavy (non-hydrogen) atoms. The Bertz CT molecular complexity index is 1070. The largest absolute Gasteiger partial charge is 0.482 e. The molecule has 0 bridgehead atoms. The maximum atomic E-state index is 12.1. The molecule has 2 aromatic carbocycles. The minimum Gasteiger partial charge on any atom is -0.482 e. The number of ether oxygens (including phenoxy) is 2. The van der Waals surface area contributed by atoms with Crippen LogP contribution in [-0.4, -0.2) is 12.6 Å². The third-order valence-electron chi connectivity index (χ3n) is 4.59. The Morgan fingerprint density at radius 1 is 1.11 bits per heavy atom. The van der Waals surface area contributed by atoms with E-state index in [0.29, 0.717) is 16.4 Å². The van der Waals surface area contributed by atoms with Crippen LogP contribution in [0.3, 0.4) is 0 Å². The van der Waals surface area contributed by atoms with Gasteiger partial charge in [0.1, 0.15) is 17.9 Å². The van der Waals surface area contributed by atoms with Crippen LogP contribution in [0.4, 0.5) is 0 Å². The molecular formula is C21H17ClO5. The molecule has 0 amide bonds. The van der Waals surface area contributed by atoms with E-state index in [1.807, 2.05) is 12.1 Å². The van der Waals surface area contributed by atoms with Gasteiger partial charge in [0.25, 0.3) is 0 Å². The van der Waals surface area contributed by atoms with Gasteiger partial charge in [0.2, 0.25) is 0 Å². The van der Waals surface area contributed by atoms with Gasteiger partial charge in [-0.25, -0.2) is 9.59 Å². The Morgan fingerprint density at radius 2 is 1.96 bits per heavy atom. The summed E-state index contributed by atoms with van der Waals surface area (Å²) in [5, 5.41) is 1.52. The minimum absolute atomic E-state index is 0.126. The first-order chi connectivity index (χ1) is 13.1. The van der Waals surface area contributed by atoms with E-state index in [1.165, 1.54) is 0 Å². The first-order valence-corrected chi connectivity index (χ1v) is 9.09. The number of esters is 1. The number of hydrogen-bond acceptors (Lipinski definition) is 5. The van der Waals surface area contributed by atoms with Crippen LogP contribution in [0, 0.1) is 0 Å². The summed E-state index contributed by atoms with van der Waals surface area (Å²) in [6.07, 6.45) is 2.62. The number of halogens is 1. The second-order valence-corrected chi connectivity index (χ2v) is 6.87. The molecule has 5 nitrogen and oxygen atoms in total. The van der Waals surface area contributed by atoms with Gasteiger partial charge in [-0.1, -0.05) is 23.7 Å². The van der Waals surface area contributed by atoms with Crippen LogP contribution < -0.4 is 10.4 Å². The molecule has 4 rings (SSSR count). The van der Waals surface area contributed by atoms with Crippen molar-refractivity contribution < 1.29 is 18.7 Å². The standard InChI is InChI=1S/C21H17ClO5/c22-14-4-1-3-13(9-14)11-26-20(23)12-25-15-7-8-17-16-5-2-6-18(16)21(24)27-19(17)10-15/h1,3-4,7-10H,2,5-6,11-12H2. The molecule has 0 unspecified atom stereocenters. The lowest BCUT2D eigenvalue weighted by Gasteiger charge is -2.09. The highest BCUT2D eigenvalue weighted by Gasteiger charge is 2.19. The van der Waals surface area contributed by atoms with Crippen LogP contribution in [0.1, 0.15) is 23.1 Å². The highest BCUT2D eigenvalue weighted by molar-refractivity contribution is 6.30. The maximum Gasteiger partial charge on any atom is 0.344 e. The Labute approximate surface area is 160 Å². The van der Waals surface area contributed by atoms with E-state index in [2.05, 4.69) is 0 Å². The zero-order chi connectivity index (χ0) is 18.8. The summed E-state index contributed by atoms with van der Waals surface area (Å²) in [7, 11) is 0. The molecule has 0 saturated carbocycles. The molecule has 0 spiro atoms. The summed E-state index contributed by atoms with van der Waals surface area (Å²) < 4.78 is 16.1. The average molecular weight is 385 g/mol. The fourth-order valence-electron chi connectivity index (χ4n) is 3.33. The van der Waals surface area contributed by atoms with Crippen molar-refractivity contribution in [1.82, 2.24) is 0 Å². The Morgan fingerprint density at radius 3 is 2.81 bits per heavy atom. The number of fused-ring (bicyclic) bond motifs is 3. The summed E-state index contributed by atoms with van der Waals surface area (Å²) >= 11 is 5.90. The predicted molar refractivity (Wildman–Crippen MR) is 101 cm³/mol. The molecule has 3 aromatic rings. The molecule has 0 aliphatic heterocycles. The summed E-state index contributed by atoms with van der Waals surface area (Å²) in [6.45, 7) is -0.108. The minimum atomic E-state index is -0.495. The van der Waals surface area contributed by atoms with Crippen LogP contribution in [0.25, 0.3) is 11.0 Å². The van der Waals surface area contributed by atoms with Gasteiger partial charge in [-0.05, 0) is 54.7 Å². The van der Waals surface area contributed by atoms with Crippen molar-refractivity contribution in [2.45, 2.75) is 25.9 Å². The van der Waals surface area contributed by atoms with E-state index < -0.39 is 5.97 Å². The topological polar surface area (TPSA) is 65.7 Å². The van der Waals surface area contributed by atoms with Crippen LogP contribution in [0.2, 0.25) is 5.02 Å². The van der Waals surface area contributed by atoms with Crippen molar-refractivity contribution in [3.63, 3.8) is 0 Å². The van der Waals surface area contributed by atoms with Gasteiger partial charge >= 0.3 is 11.6 Å². The smallest absolute Gasteiger partial charge is 0.344 e. The van der Waals surface area contributed by atoms with E-state index >= 15 is 0 Å². The average Bonchev–Trinajstić information content (AvgIpc) is 3.15. The highest BCUT2D eigenvalue weighted by atomic mass is 35.5. The van der Waals surface area contributed by atoms with E-state index in [1.54, 1.807) is 30.3 Å². The van der Waals surface area contributed by atoms with Crippen LogP contribution in [0.15, 0.2) is 51.7 Å². The highest BCUT2D eigenvalue weighted by Crippen LogP contribution is 2.29. The zero-order valence-corrected chi connectivity index (χ0v) is 15.3. The zero-order valence-electron chi connectivity index (χ0n) is 14.5. The van der Waals surface area contributed by atoms with Crippen molar-refractivity contribution in [2.75, 3.05) is 6.61 Å². The fraction of sp³-hybridized carbons (Fsp3) is 0.238. The molecule has 0 radical (unpaired) electrons. The SMILES string of the molecule is O=C(COc1ccc2c3c(c(=O)oc2c1)CCC3)OCc1cccc(Cl)c1. The lowest BCUT2D eigenvalue weighted by atomic mass is 10.1. The molecule has 1 aromatic heterocycles. The van der Waals surface area contributed by atoms with Gasteiger partial charge < -0.3 is 13.9 Å². The van der Waals surface area contributed by atoms with Crippen LogP contribution >= 0.6 is 11.6 Å². The molecule has 6 heteroatoms. The number of rotatable bonds is 5. The van der Waals surface area contributed by atoms with Crippen LogP contribution in [-0.2, 0) is 29.0 Å². The monoisotopic (exact) mass is 384 g/mol. The van der Waals surface area contributed by atoms with Gasteiger partial charge in [-0.2, -0.15) is 0 Å². The molecule has 0 saturated heterocycles. The number of carbonyl (C=O) groups excluding carboxylic acids is 1. The fourth-order valence-corrected chi connectivity index (χ4v) is 3.54. The summed E-state index contributed by atoms with van der Waals surface area (Å²) in [5.74, 6) is -0.0474. The molecule has 1 heterocycles. The lowest BCUT2D eigenvalue weighted by Crippen LogP contribution is -2.14. The van der Waals surface area contributed by atoms with E-state index in [9.17, 15) is 9.59 Å². The Hall–Kier alpha value is -2.79. The first kappa shape index (κ1) is 17.6. The van der Waals surface area contributed by atoms with Gasteiger partial charge in [0.15, 0.2) is 6.61 Å². The van der Waals surface area contributed by atoms with E-state index in [0.717, 1.165) is 41.3 Å². The molecular weight excluding hydrogens is 368 g/mol. The van der Waals surface area contributed by atoms with E-state index in [4.69, 9.17) is 25.5 Å². The second-order valence-electron chi connectivity index (χ2n) is 6.44. The number of aryl methyl sites for hydroxylation is 1. The van der Waals surface area contributed by atoms with Crippen molar-refractivity contribution >= 4 is 28.5 Å². The Balaban J connectivity index is 1.41. The predicted octanol–water partition coefficient (Wildman–Crippen LogP) is 4.06. The van der Waals surface area contributed by atoms with Crippen molar-refractivity contribution in [1.29, 1.82) is 0 Å². The normalized spacial score (nSPS) is 12.8. The quantitative estimate of drug-likeness (QED) is 0.490. The summed E-state index contributed by atoms with van der Waals surface area (Å²) in [6, 6.07) is 12.4. The maximum absolute atomic E-state index is 12.1. The lowest BCUT2D eigenvalue weighted by molar-refractivity contribution is -0.147. The number of benzene rings is 2. The van der Waals surface area contributed by atoms with Crippen molar-refractivity contribution in [2.24, 2.45) is 0 Å². The molecule has 0 fully saturated rings. The van der Waals surface area contributed by atoms with Crippen LogP contribution in [0.5, 0.6) is 5.75 Å². The third-order valence-corrected chi connectivity index (χ3v) is 4.83. The molecule has 1 aliphatic rings. The molecule has 138 valence electrons. The number of carbonyl (C=O) groups is 1. The van der Waals surface area contributed by atoms with E-state index in [-0.39, 0.29) is 18.8 Å². The first-order valence-electron chi connectivity index (χ1n) is 8.71.